The molecule has 3 rings (SSSR count). The molecule has 158 valence electrons. The van der Waals surface area contributed by atoms with E-state index >= 15 is 0 Å². The summed E-state index contributed by atoms with van der Waals surface area (Å²) in [4.78, 5) is 16.3. The number of benzene rings is 2. The molecule has 12 heteroatoms. The number of carbonyl (C=O) groups is 1. The average Bonchev–Trinajstić information content (AvgIpc) is 3.09. The first kappa shape index (κ1) is 22.1. The maximum absolute atomic E-state index is 12.8. The summed E-state index contributed by atoms with van der Waals surface area (Å²) in [7, 11) is -3.83. The van der Waals surface area contributed by atoms with Gasteiger partial charge in [0.25, 0.3) is 10.0 Å². The first-order valence-electron chi connectivity index (χ1n) is 8.23. The van der Waals surface area contributed by atoms with Crippen LogP contribution in [0.3, 0.4) is 0 Å². The number of amides is 1. The highest BCUT2D eigenvalue weighted by molar-refractivity contribution is 7.93. The lowest BCUT2D eigenvalue weighted by atomic mass is 10.2. The van der Waals surface area contributed by atoms with Crippen LogP contribution in [0.5, 0.6) is 0 Å². The number of thiazole rings is 1. The molecular formula is C18H13ClF3N3O3S2. The molecule has 0 atom stereocenters. The molecule has 0 spiro atoms. The summed E-state index contributed by atoms with van der Waals surface area (Å²) >= 11 is 6.83. The smallest absolute Gasteiger partial charge is 0.324 e. The fourth-order valence-corrected chi connectivity index (χ4v) is 4.51. The van der Waals surface area contributed by atoms with Crippen molar-refractivity contribution in [3.05, 3.63) is 70.2 Å². The fourth-order valence-electron chi connectivity index (χ4n) is 2.36. The number of sulfonamides is 1. The van der Waals surface area contributed by atoms with E-state index in [-0.39, 0.29) is 32.9 Å². The Morgan fingerprint density at radius 2 is 1.83 bits per heavy atom. The Bertz CT molecular complexity index is 1170. The second-order valence-corrected chi connectivity index (χ2v) is 8.93. The number of nitrogens with one attached hydrogen (secondary N) is 2. The molecule has 1 aromatic heterocycles. The van der Waals surface area contributed by atoms with E-state index in [2.05, 4.69) is 15.0 Å². The highest BCUT2D eigenvalue weighted by Gasteiger charge is 2.31. The van der Waals surface area contributed by atoms with Crippen molar-refractivity contribution < 1.29 is 26.4 Å². The molecular weight excluding hydrogens is 463 g/mol. The fraction of sp³-hybridized carbons (Fsp3) is 0.111. The molecule has 3 aromatic rings. The topological polar surface area (TPSA) is 88.2 Å². The molecule has 1 amide bonds. The molecule has 0 saturated heterocycles. The van der Waals surface area contributed by atoms with Gasteiger partial charge in [-0.2, -0.15) is 13.2 Å². The zero-order valence-electron chi connectivity index (χ0n) is 14.9. The van der Waals surface area contributed by atoms with Crippen LogP contribution in [0, 0.1) is 0 Å². The molecule has 0 unspecified atom stereocenters. The van der Waals surface area contributed by atoms with E-state index in [1.54, 1.807) is 18.2 Å². The SMILES string of the molecule is O=C(Cc1csc(NS(=O)(=O)c2ccccc2)n1)Nc1cc(C(F)(F)F)ccc1Cl. The van der Waals surface area contributed by atoms with Crippen LogP contribution in [0.1, 0.15) is 11.3 Å². The third-order valence-corrected chi connectivity index (χ3v) is 6.36. The standard InChI is InChI=1S/C18H13ClF3N3O3S2/c19-14-7-6-11(18(20,21)22)8-15(14)24-16(26)9-12-10-29-17(23-12)25-30(27,28)13-4-2-1-3-5-13/h1-8,10H,9H2,(H,23,25)(H,24,26). The Labute approximate surface area is 178 Å². The molecule has 0 bridgehead atoms. The molecule has 2 aromatic carbocycles. The van der Waals surface area contributed by atoms with Crippen molar-refractivity contribution in [2.45, 2.75) is 17.5 Å². The van der Waals surface area contributed by atoms with Gasteiger partial charge in [0.15, 0.2) is 5.13 Å². The van der Waals surface area contributed by atoms with E-state index in [0.717, 1.165) is 29.5 Å². The van der Waals surface area contributed by atoms with E-state index in [1.807, 2.05) is 0 Å². The molecule has 30 heavy (non-hydrogen) atoms. The number of aromatic nitrogens is 1. The van der Waals surface area contributed by atoms with Crippen LogP contribution >= 0.6 is 22.9 Å². The average molecular weight is 476 g/mol. The largest absolute Gasteiger partial charge is 0.416 e. The quantitative estimate of drug-likeness (QED) is 0.536. The van der Waals surface area contributed by atoms with Crippen LogP contribution in [0.15, 0.2) is 58.8 Å². The van der Waals surface area contributed by atoms with Crippen LogP contribution in [-0.4, -0.2) is 19.3 Å². The number of nitrogens with zero attached hydrogens (tertiary/aromatic N) is 1. The van der Waals surface area contributed by atoms with Crippen LogP contribution in [-0.2, 0) is 27.4 Å². The van der Waals surface area contributed by atoms with Gasteiger partial charge in [0.2, 0.25) is 5.91 Å². The maximum Gasteiger partial charge on any atom is 0.416 e. The Hall–Kier alpha value is -2.63. The summed E-state index contributed by atoms with van der Waals surface area (Å²) in [6.07, 6.45) is -4.86. The number of hydrogen-bond donors (Lipinski definition) is 2. The molecule has 0 aliphatic rings. The molecule has 0 aliphatic heterocycles. The minimum Gasteiger partial charge on any atom is -0.324 e. The number of carbonyl (C=O) groups excluding carboxylic acids is 1. The predicted molar refractivity (Wildman–Crippen MR) is 108 cm³/mol. The van der Waals surface area contributed by atoms with Gasteiger partial charge in [0.05, 0.1) is 33.3 Å². The Kier molecular flexibility index (Phi) is 6.34. The number of rotatable bonds is 6. The van der Waals surface area contributed by atoms with Crippen molar-refractivity contribution in [3.8, 4) is 0 Å². The van der Waals surface area contributed by atoms with Gasteiger partial charge in [0.1, 0.15) is 0 Å². The van der Waals surface area contributed by atoms with Crippen molar-refractivity contribution in [1.82, 2.24) is 4.98 Å². The second kappa shape index (κ2) is 8.62. The molecule has 6 nitrogen and oxygen atoms in total. The lowest BCUT2D eigenvalue weighted by Gasteiger charge is -2.11. The van der Waals surface area contributed by atoms with E-state index in [1.165, 1.54) is 17.5 Å². The number of halogens is 4. The third-order valence-electron chi connectivity index (χ3n) is 3.74. The number of hydrogen-bond acceptors (Lipinski definition) is 5. The second-order valence-electron chi connectivity index (χ2n) is 5.98. The van der Waals surface area contributed by atoms with Gasteiger partial charge < -0.3 is 5.32 Å². The highest BCUT2D eigenvalue weighted by Crippen LogP contribution is 2.34. The molecule has 2 N–H and O–H groups in total. The number of anilines is 2. The van der Waals surface area contributed by atoms with Crippen LogP contribution < -0.4 is 10.0 Å². The summed E-state index contributed by atoms with van der Waals surface area (Å²) in [5.41, 5.74) is -0.892. The lowest BCUT2D eigenvalue weighted by Crippen LogP contribution is -2.16. The van der Waals surface area contributed by atoms with Crippen molar-refractivity contribution in [2.24, 2.45) is 0 Å². The Balaban J connectivity index is 1.67. The van der Waals surface area contributed by atoms with E-state index in [4.69, 9.17) is 11.6 Å². The van der Waals surface area contributed by atoms with Gasteiger partial charge in [-0.15, -0.1) is 11.3 Å². The minimum atomic E-state index is -4.58. The normalized spacial score (nSPS) is 11.9. The van der Waals surface area contributed by atoms with Crippen LogP contribution in [0.4, 0.5) is 24.0 Å². The van der Waals surface area contributed by atoms with Crippen LogP contribution in [0.25, 0.3) is 0 Å². The van der Waals surface area contributed by atoms with E-state index < -0.39 is 27.7 Å². The van der Waals surface area contributed by atoms with E-state index in [0.29, 0.717) is 0 Å². The maximum atomic E-state index is 12.8. The van der Waals surface area contributed by atoms with Gasteiger partial charge in [0, 0.05) is 5.38 Å². The first-order valence-corrected chi connectivity index (χ1v) is 11.0. The van der Waals surface area contributed by atoms with Gasteiger partial charge in [-0.05, 0) is 30.3 Å². The van der Waals surface area contributed by atoms with Gasteiger partial charge in [-0.1, -0.05) is 29.8 Å². The summed E-state index contributed by atoms with van der Waals surface area (Å²) in [6, 6.07) is 10.3. The summed E-state index contributed by atoms with van der Waals surface area (Å²) in [6.45, 7) is 0. The monoisotopic (exact) mass is 475 g/mol. The highest BCUT2D eigenvalue weighted by atomic mass is 35.5. The number of alkyl halides is 3. The lowest BCUT2D eigenvalue weighted by molar-refractivity contribution is -0.137. The molecule has 0 fully saturated rings. The van der Waals surface area contributed by atoms with Crippen LogP contribution in [0.2, 0.25) is 5.02 Å². The summed E-state index contributed by atoms with van der Waals surface area (Å²) in [5, 5.41) is 3.78. The zero-order valence-corrected chi connectivity index (χ0v) is 17.3. The first-order chi connectivity index (χ1) is 14.0. The van der Waals surface area contributed by atoms with Crippen molar-refractivity contribution in [3.63, 3.8) is 0 Å². The van der Waals surface area contributed by atoms with Gasteiger partial charge in [-0.25, -0.2) is 13.4 Å². The molecule has 1 heterocycles. The minimum absolute atomic E-state index is 0.0501. The Morgan fingerprint density at radius 3 is 2.50 bits per heavy atom. The Morgan fingerprint density at radius 1 is 1.13 bits per heavy atom. The summed E-state index contributed by atoms with van der Waals surface area (Å²) in [5.74, 6) is -0.654. The van der Waals surface area contributed by atoms with Crippen molar-refractivity contribution >= 4 is 49.7 Å². The third kappa shape index (κ3) is 5.49. The molecule has 0 aliphatic carbocycles. The van der Waals surface area contributed by atoms with Crippen molar-refractivity contribution in [2.75, 3.05) is 10.0 Å². The van der Waals surface area contributed by atoms with E-state index in [9.17, 15) is 26.4 Å². The molecule has 0 radical (unpaired) electrons. The zero-order chi connectivity index (χ0) is 21.9. The van der Waals surface area contributed by atoms with Gasteiger partial charge in [-0.3, -0.25) is 9.52 Å². The van der Waals surface area contributed by atoms with Gasteiger partial charge >= 0.3 is 6.18 Å². The van der Waals surface area contributed by atoms with Crippen molar-refractivity contribution in [1.29, 1.82) is 0 Å². The predicted octanol–water partition coefficient (Wildman–Crippen LogP) is 4.80. The summed E-state index contributed by atoms with van der Waals surface area (Å²) < 4.78 is 65.4. The molecule has 0 saturated carbocycles.